The summed E-state index contributed by atoms with van der Waals surface area (Å²) >= 11 is 0. The third kappa shape index (κ3) is 3.67. The van der Waals surface area contributed by atoms with Crippen LogP contribution in [0.15, 0.2) is 84.3 Å². The second-order valence-electron chi connectivity index (χ2n) is 8.05. The van der Waals surface area contributed by atoms with Crippen molar-refractivity contribution in [2.45, 2.75) is 50.6 Å². The van der Waals surface area contributed by atoms with E-state index in [1.807, 2.05) is 11.0 Å². The van der Waals surface area contributed by atoms with E-state index in [1.165, 1.54) is 23.0 Å². The van der Waals surface area contributed by atoms with E-state index in [4.69, 9.17) is 9.47 Å². The number of carbonyl (C=O) groups excluding carboxylic acids is 1. The largest absolute Gasteiger partial charge is 0.465 e. The van der Waals surface area contributed by atoms with E-state index in [0.717, 1.165) is 32.1 Å². The van der Waals surface area contributed by atoms with Crippen LogP contribution in [0, 0.1) is 0 Å². The highest BCUT2D eigenvalue weighted by molar-refractivity contribution is 5.93. The highest BCUT2D eigenvalue weighted by atomic mass is 16.5. The Kier molecular flexibility index (Phi) is 4.84. The summed E-state index contributed by atoms with van der Waals surface area (Å²) in [5.74, 6) is 0.925. The van der Waals surface area contributed by atoms with Crippen molar-refractivity contribution in [2.75, 3.05) is 0 Å². The monoisotopic (exact) mass is 387 g/mol. The van der Waals surface area contributed by atoms with Gasteiger partial charge in [0.2, 0.25) is 5.76 Å². The molecule has 2 atom stereocenters. The molecule has 4 aliphatic rings. The highest BCUT2D eigenvalue weighted by Crippen LogP contribution is 2.39. The van der Waals surface area contributed by atoms with E-state index in [9.17, 15) is 4.79 Å². The Morgan fingerprint density at radius 1 is 1.14 bits per heavy atom. The maximum Gasteiger partial charge on any atom is 0.293 e. The summed E-state index contributed by atoms with van der Waals surface area (Å²) in [6, 6.07) is 10.8. The van der Waals surface area contributed by atoms with E-state index in [-0.39, 0.29) is 18.0 Å². The molecule has 0 aromatic heterocycles. The standard InChI is InChI=1S/C25H25NO3/c27-25(24-17-28-16-23(29-24)13-18-7-3-1-4-8-18)26-21-11-12-22(26)15-20(14-21)19-9-5-2-6-10-19/h1-3,5-7,9-10,14,16-17,21-22H,4,8,11-13,15H2. The van der Waals surface area contributed by atoms with Gasteiger partial charge < -0.3 is 14.4 Å². The molecule has 4 nitrogen and oxygen atoms in total. The molecule has 0 radical (unpaired) electrons. The molecule has 3 aliphatic heterocycles. The van der Waals surface area contributed by atoms with Crippen LogP contribution >= 0.6 is 0 Å². The van der Waals surface area contributed by atoms with Crippen LogP contribution in [0.1, 0.15) is 44.1 Å². The molecule has 1 aromatic rings. The van der Waals surface area contributed by atoms with E-state index in [2.05, 4.69) is 48.6 Å². The first-order valence-electron chi connectivity index (χ1n) is 10.4. The minimum atomic E-state index is -0.0658. The first kappa shape index (κ1) is 18.0. The lowest BCUT2D eigenvalue weighted by atomic mass is 9.94. The summed E-state index contributed by atoms with van der Waals surface area (Å²) in [4.78, 5) is 15.3. The van der Waals surface area contributed by atoms with Gasteiger partial charge in [-0.2, -0.15) is 0 Å². The van der Waals surface area contributed by atoms with Crippen LogP contribution in [0.3, 0.4) is 0 Å². The Morgan fingerprint density at radius 2 is 2.03 bits per heavy atom. The van der Waals surface area contributed by atoms with E-state index >= 15 is 0 Å². The van der Waals surface area contributed by atoms with Crippen molar-refractivity contribution in [3.63, 3.8) is 0 Å². The predicted octanol–water partition coefficient (Wildman–Crippen LogP) is 5.23. The molecule has 0 N–H and O–H groups in total. The van der Waals surface area contributed by atoms with Gasteiger partial charge in [0.15, 0.2) is 0 Å². The maximum atomic E-state index is 13.3. The van der Waals surface area contributed by atoms with E-state index in [1.54, 1.807) is 6.26 Å². The Bertz CT molecular complexity index is 952. The molecule has 1 amide bonds. The van der Waals surface area contributed by atoms with Crippen molar-refractivity contribution in [2.24, 2.45) is 0 Å². The number of hydrogen-bond acceptors (Lipinski definition) is 3. The van der Waals surface area contributed by atoms with Crippen LogP contribution in [-0.4, -0.2) is 22.9 Å². The average molecular weight is 387 g/mol. The van der Waals surface area contributed by atoms with E-state index < -0.39 is 0 Å². The number of nitrogens with zero attached hydrogens (tertiary/aromatic N) is 1. The number of rotatable bonds is 4. The Morgan fingerprint density at radius 3 is 2.83 bits per heavy atom. The SMILES string of the molecule is O=C(C1=COC=C(CC2=CC=CCC2)O1)N1C2C=C(c3ccccc3)CC1CC2. The molecule has 1 aromatic carbocycles. The molecule has 1 aliphatic carbocycles. The molecular weight excluding hydrogens is 362 g/mol. The van der Waals surface area contributed by atoms with Gasteiger partial charge in [0.05, 0.1) is 6.04 Å². The number of benzene rings is 1. The Labute approximate surface area is 171 Å². The molecule has 5 rings (SSSR count). The number of allylic oxidation sites excluding steroid dienone is 4. The van der Waals surface area contributed by atoms with Crippen LogP contribution in [0.5, 0.6) is 0 Å². The number of fused-ring (bicyclic) bond motifs is 2. The minimum absolute atomic E-state index is 0.0658. The molecular formula is C25H25NO3. The fourth-order valence-corrected chi connectivity index (χ4v) is 4.70. The van der Waals surface area contributed by atoms with Gasteiger partial charge in [-0.3, -0.25) is 4.79 Å². The Hall–Kier alpha value is -3.01. The van der Waals surface area contributed by atoms with Gasteiger partial charge >= 0.3 is 0 Å². The lowest BCUT2D eigenvalue weighted by Crippen LogP contribution is -2.44. The normalized spacial score (nSPS) is 25.3. The second-order valence-corrected chi connectivity index (χ2v) is 8.05. The molecule has 2 bridgehead atoms. The van der Waals surface area contributed by atoms with Crippen LogP contribution in [-0.2, 0) is 14.3 Å². The van der Waals surface area contributed by atoms with Gasteiger partial charge in [-0.15, -0.1) is 0 Å². The van der Waals surface area contributed by atoms with Crippen LogP contribution < -0.4 is 0 Å². The predicted molar refractivity (Wildman–Crippen MR) is 112 cm³/mol. The molecule has 1 fully saturated rings. The molecule has 0 saturated carbocycles. The van der Waals surface area contributed by atoms with Crippen LogP contribution in [0.4, 0.5) is 0 Å². The van der Waals surface area contributed by atoms with Gasteiger partial charge in [0.25, 0.3) is 5.91 Å². The van der Waals surface area contributed by atoms with Crippen molar-refractivity contribution in [3.8, 4) is 0 Å². The smallest absolute Gasteiger partial charge is 0.293 e. The summed E-state index contributed by atoms with van der Waals surface area (Å²) < 4.78 is 11.4. The minimum Gasteiger partial charge on any atom is -0.465 e. The fraction of sp³-hybridized carbons (Fsp3) is 0.320. The molecule has 29 heavy (non-hydrogen) atoms. The lowest BCUT2D eigenvalue weighted by Gasteiger charge is -2.35. The third-order valence-electron chi connectivity index (χ3n) is 6.10. The summed E-state index contributed by atoms with van der Waals surface area (Å²) in [5, 5.41) is 0. The van der Waals surface area contributed by atoms with E-state index in [0.29, 0.717) is 17.9 Å². The molecule has 2 unspecified atom stereocenters. The number of amides is 1. The van der Waals surface area contributed by atoms with Crippen molar-refractivity contribution >= 4 is 11.5 Å². The fourth-order valence-electron chi connectivity index (χ4n) is 4.70. The van der Waals surface area contributed by atoms with Gasteiger partial charge in [-0.25, -0.2) is 0 Å². The second kappa shape index (κ2) is 7.78. The zero-order valence-electron chi connectivity index (χ0n) is 16.4. The summed E-state index contributed by atoms with van der Waals surface area (Å²) in [7, 11) is 0. The first-order chi connectivity index (χ1) is 14.3. The summed E-state index contributed by atoms with van der Waals surface area (Å²) in [6.07, 6.45) is 17.3. The van der Waals surface area contributed by atoms with Gasteiger partial charge in [0, 0.05) is 12.5 Å². The number of carbonyl (C=O) groups is 1. The molecule has 1 saturated heterocycles. The lowest BCUT2D eigenvalue weighted by molar-refractivity contribution is -0.132. The molecule has 148 valence electrons. The van der Waals surface area contributed by atoms with Gasteiger partial charge in [-0.1, -0.05) is 60.2 Å². The van der Waals surface area contributed by atoms with Crippen molar-refractivity contribution in [1.29, 1.82) is 0 Å². The van der Waals surface area contributed by atoms with Gasteiger partial charge in [0.1, 0.15) is 18.3 Å². The number of hydrogen-bond donors (Lipinski definition) is 0. The Balaban J connectivity index is 1.29. The quantitative estimate of drug-likeness (QED) is 0.710. The van der Waals surface area contributed by atoms with Crippen LogP contribution in [0.25, 0.3) is 5.57 Å². The first-order valence-corrected chi connectivity index (χ1v) is 10.4. The van der Waals surface area contributed by atoms with Crippen molar-refractivity contribution in [3.05, 3.63) is 89.8 Å². The van der Waals surface area contributed by atoms with Gasteiger partial charge in [-0.05, 0) is 43.2 Å². The molecule has 4 heteroatoms. The highest BCUT2D eigenvalue weighted by Gasteiger charge is 2.41. The summed E-state index contributed by atoms with van der Waals surface area (Å²) in [6.45, 7) is 0. The zero-order chi connectivity index (χ0) is 19.6. The third-order valence-corrected chi connectivity index (χ3v) is 6.10. The summed E-state index contributed by atoms with van der Waals surface area (Å²) in [5.41, 5.74) is 3.90. The maximum absolute atomic E-state index is 13.3. The topological polar surface area (TPSA) is 38.8 Å². The van der Waals surface area contributed by atoms with Crippen molar-refractivity contribution in [1.82, 2.24) is 4.90 Å². The molecule has 3 heterocycles. The molecule has 0 spiro atoms. The average Bonchev–Trinajstić information content (AvgIpc) is 3.04. The number of ether oxygens (including phenoxy) is 2. The zero-order valence-corrected chi connectivity index (χ0v) is 16.4. The van der Waals surface area contributed by atoms with Crippen molar-refractivity contribution < 1.29 is 14.3 Å². The van der Waals surface area contributed by atoms with Crippen LogP contribution in [0.2, 0.25) is 0 Å².